The third-order valence-corrected chi connectivity index (χ3v) is 11.8. The third-order valence-electron chi connectivity index (χ3n) is 9.36. The lowest BCUT2D eigenvalue weighted by Gasteiger charge is -2.13. The highest BCUT2D eigenvalue weighted by atomic mass is 32.1. The average molecular weight is 674 g/mol. The van der Waals surface area contributed by atoms with E-state index >= 15 is 0 Å². The molecule has 0 amide bonds. The standard InChI is InChI=1S/C45H27N3S2/c1-4-14-28(15-5-1)39-36(45-47-43(29-16-6-2-7-17-29)46-44(48-45)30-18-8-3-9-19-30)27-26-34-33-23-12-22-32(41(33)50-42(34)39)31-21-13-25-38-40(31)35-20-10-11-24-37(35)49-38/h1-27H. The van der Waals surface area contributed by atoms with E-state index in [9.17, 15) is 0 Å². The van der Waals surface area contributed by atoms with Crippen molar-refractivity contribution < 1.29 is 0 Å². The molecule has 0 aliphatic rings. The Bertz CT molecular complexity index is 2800. The predicted octanol–water partition coefficient (Wildman–Crippen LogP) is 12.9. The molecule has 0 radical (unpaired) electrons. The molecular weight excluding hydrogens is 647 g/mol. The Balaban J connectivity index is 1.26. The van der Waals surface area contributed by atoms with E-state index in [4.69, 9.17) is 15.0 Å². The topological polar surface area (TPSA) is 38.7 Å². The van der Waals surface area contributed by atoms with Gasteiger partial charge in [0.15, 0.2) is 17.5 Å². The monoisotopic (exact) mass is 673 g/mol. The fourth-order valence-electron chi connectivity index (χ4n) is 7.08. The Morgan fingerprint density at radius 2 is 0.860 bits per heavy atom. The second-order valence-electron chi connectivity index (χ2n) is 12.3. The van der Waals surface area contributed by atoms with Crippen molar-refractivity contribution in [1.29, 1.82) is 0 Å². The lowest BCUT2D eigenvalue weighted by atomic mass is 9.95. The molecule has 0 aliphatic heterocycles. The summed E-state index contributed by atoms with van der Waals surface area (Å²) in [5, 5.41) is 5.13. The molecule has 0 unspecified atom stereocenters. The second kappa shape index (κ2) is 11.8. The van der Waals surface area contributed by atoms with Crippen molar-refractivity contribution in [2.24, 2.45) is 0 Å². The van der Waals surface area contributed by atoms with E-state index in [1.54, 1.807) is 0 Å². The van der Waals surface area contributed by atoms with Crippen molar-refractivity contribution in [2.45, 2.75) is 0 Å². The number of fused-ring (bicyclic) bond motifs is 6. The van der Waals surface area contributed by atoms with Gasteiger partial charge >= 0.3 is 0 Å². The maximum Gasteiger partial charge on any atom is 0.164 e. The van der Waals surface area contributed by atoms with Crippen molar-refractivity contribution in [3.05, 3.63) is 164 Å². The number of rotatable bonds is 5. The Kier molecular flexibility index (Phi) is 6.86. The molecule has 3 heterocycles. The largest absolute Gasteiger partial charge is 0.208 e. The fraction of sp³-hybridized carbons (Fsp3) is 0. The first-order valence-corrected chi connectivity index (χ1v) is 18.2. The van der Waals surface area contributed by atoms with Crippen LogP contribution in [0.4, 0.5) is 0 Å². The predicted molar refractivity (Wildman–Crippen MR) is 213 cm³/mol. The van der Waals surface area contributed by atoms with Gasteiger partial charge in [-0.1, -0.05) is 146 Å². The number of aromatic nitrogens is 3. The van der Waals surface area contributed by atoms with Crippen LogP contribution in [-0.4, -0.2) is 15.0 Å². The second-order valence-corrected chi connectivity index (χ2v) is 14.4. The summed E-state index contributed by atoms with van der Waals surface area (Å²) in [5.74, 6) is 1.97. The van der Waals surface area contributed by atoms with Crippen molar-refractivity contribution in [3.63, 3.8) is 0 Å². The Hall–Kier alpha value is -6.01. The molecule has 3 aromatic heterocycles. The van der Waals surface area contributed by atoms with Crippen molar-refractivity contribution in [1.82, 2.24) is 15.0 Å². The summed E-state index contributed by atoms with van der Waals surface area (Å²) in [7, 11) is 0. The molecule has 0 fully saturated rings. The van der Waals surface area contributed by atoms with E-state index in [1.165, 1.54) is 51.5 Å². The van der Waals surface area contributed by atoms with E-state index in [1.807, 2.05) is 59.1 Å². The Morgan fingerprint density at radius 1 is 0.320 bits per heavy atom. The summed E-state index contributed by atoms with van der Waals surface area (Å²) in [6.45, 7) is 0. The number of hydrogen-bond acceptors (Lipinski definition) is 5. The molecule has 7 aromatic carbocycles. The number of thiophene rings is 2. The zero-order chi connectivity index (χ0) is 33.0. The van der Waals surface area contributed by atoms with E-state index in [2.05, 4.69) is 127 Å². The van der Waals surface area contributed by atoms with Crippen molar-refractivity contribution in [3.8, 4) is 56.4 Å². The van der Waals surface area contributed by atoms with Gasteiger partial charge in [0.1, 0.15) is 0 Å². The molecule has 0 bridgehead atoms. The molecule has 0 aliphatic carbocycles. The maximum atomic E-state index is 5.15. The minimum Gasteiger partial charge on any atom is -0.208 e. The molecule has 3 nitrogen and oxygen atoms in total. The van der Waals surface area contributed by atoms with Crippen LogP contribution in [0.5, 0.6) is 0 Å². The number of benzene rings is 7. The van der Waals surface area contributed by atoms with Crippen LogP contribution in [-0.2, 0) is 0 Å². The van der Waals surface area contributed by atoms with Crippen LogP contribution in [0.3, 0.4) is 0 Å². The molecule has 0 spiro atoms. The first-order valence-electron chi connectivity index (χ1n) is 16.6. The van der Waals surface area contributed by atoms with Crippen LogP contribution in [0, 0.1) is 0 Å². The minimum absolute atomic E-state index is 0.656. The number of hydrogen-bond donors (Lipinski definition) is 0. The molecule has 10 rings (SSSR count). The SMILES string of the molecule is c1ccc(-c2nc(-c3ccccc3)nc(-c3ccc4c(sc5c(-c6cccc7sc8ccccc8c67)cccc54)c3-c3ccccc3)n2)cc1. The van der Waals surface area contributed by atoms with Gasteiger partial charge in [0.05, 0.1) is 0 Å². The highest BCUT2D eigenvalue weighted by Gasteiger charge is 2.22. The van der Waals surface area contributed by atoms with Crippen LogP contribution in [0.15, 0.2) is 164 Å². The third kappa shape index (κ3) is 4.74. The van der Waals surface area contributed by atoms with Gasteiger partial charge in [-0.2, -0.15) is 0 Å². The summed E-state index contributed by atoms with van der Waals surface area (Å²) in [6, 6.07) is 57.7. The van der Waals surface area contributed by atoms with E-state index in [0.717, 1.165) is 27.8 Å². The molecule has 50 heavy (non-hydrogen) atoms. The van der Waals surface area contributed by atoms with Crippen LogP contribution in [0.1, 0.15) is 0 Å². The molecule has 0 saturated heterocycles. The van der Waals surface area contributed by atoms with E-state index in [-0.39, 0.29) is 0 Å². The van der Waals surface area contributed by atoms with Gasteiger partial charge in [0.2, 0.25) is 0 Å². The Labute approximate surface area is 296 Å². The molecule has 10 aromatic rings. The van der Waals surface area contributed by atoms with Crippen molar-refractivity contribution >= 4 is 63.0 Å². The molecule has 0 N–H and O–H groups in total. The fourth-order valence-corrected chi connectivity index (χ4v) is 9.61. The first-order chi connectivity index (χ1) is 24.8. The lowest BCUT2D eigenvalue weighted by molar-refractivity contribution is 1.07. The van der Waals surface area contributed by atoms with Crippen LogP contribution in [0.25, 0.3) is 96.8 Å². The molecule has 5 heteroatoms. The van der Waals surface area contributed by atoms with Gasteiger partial charge in [0.25, 0.3) is 0 Å². The normalized spacial score (nSPS) is 11.6. The zero-order valence-electron chi connectivity index (χ0n) is 26.7. The lowest BCUT2D eigenvalue weighted by Crippen LogP contribution is -2.01. The summed E-state index contributed by atoms with van der Waals surface area (Å²) in [6.07, 6.45) is 0. The summed E-state index contributed by atoms with van der Waals surface area (Å²) in [5.41, 5.74) is 7.70. The smallest absolute Gasteiger partial charge is 0.164 e. The molecule has 234 valence electrons. The number of nitrogens with zero attached hydrogens (tertiary/aromatic N) is 3. The summed E-state index contributed by atoms with van der Waals surface area (Å²) < 4.78 is 5.13. The summed E-state index contributed by atoms with van der Waals surface area (Å²) in [4.78, 5) is 15.3. The van der Waals surface area contributed by atoms with Crippen LogP contribution >= 0.6 is 22.7 Å². The van der Waals surface area contributed by atoms with Gasteiger partial charge in [-0.15, -0.1) is 22.7 Å². The van der Waals surface area contributed by atoms with Gasteiger partial charge < -0.3 is 0 Å². The Morgan fingerprint density at radius 3 is 1.58 bits per heavy atom. The molecular formula is C45H27N3S2. The van der Waals surface area contributed by atoms with Gasteiger partial charge in [-0.3, -0.25) is 0 Å². The molecule has 0 saturated carbocycles. The first kappa shape index (κ1) is 29.0. The average Bonchev–Trinajstić information content (AvgIpc) is 3.77. The van der Waals surface area contributed by atoms with Crippen molar-refractivity contribution in [2.75, 3.05) is 0 Å². The quantitative estimate of drug-likeness (QED) is 0.182. The maximum absolute atomic E-state index is 5.15. The minimum atomic E-state index is 0.656. The zero-order valence-corrected chi connectivity index (χ0v) is 28.4. The highest BCUT2D eigenvalue weighted by Crippen LogP contribution is 2.49. The van der Waals surface area contributed by atoms with Gasteiger partial charge in [-0.05, 0) is 29.3 Å². The van der Waals surface area contributed by atoms with Crippen LogP contribution < -0.4 is 0 Å². The van der Waals surface area contributed by atoms with Crippen LogP contribution in [0.2, 0.25) is 0 Å². The van der Waals surface area contributed by atoms with E-state index in [0.29, 0.717) is 17.5 Å². The van der Waals surface area contributed by atoms with Gasteiger partial charge in [-0.25, -0.2) is 15.0 Å². The van der Waals surface area contributed by atoms with E-state index < -0.39 is 0 Å². The summed E-state index contributed by atoms with van der Waals surface area (Å²) >= 11 is 3.73. The molecule has 0 atom stereocenters. The highest BCUT2D eigenvalue weighted by molar-refractivity contribution is 7.27. The van der Waals surface area contributed by atoms with Gasteiger partial charge in [0, 0.05) is 68.2 Å².